The number of carbonyl (C=O) groups excluding carboxylic acids is 1. The van der Waals surface area contributed by atoms with Crippen molar-refractivity contribution in [3.63, 3.8) is 0 Å². The van der Waals surface area contributed by atoms with Crippen LogP contribution in [0.15, 0.2) is 84.7 Å². The topological polar surface area (TPSA) is 130 Å². The third kappa shape index (κ3) is 10.0. The highest BCUT2D eigenvalue weighted by Gasteiger charge is 2.22. The molecule has 0 saturated carbocycles. The van der Waals surface area contributed by atoms with Crippen LogP contribution in [0.2, 0.25) is 15.1 Å². The van der Waals surface area contributed by atoms with Gasteiger partial charge in [0.2, 0.25) is 11.9 Å². The maximum atomic E-state index is 13.8. The molecule has 0 bridgehead atoms. The summed E-state index contributed by atoms with van der Waals surface area (Å²) in [6.07, 6.45) is 3.01. The fraction of sp³-hybridized carbons (Fsp3) is 0.293. The second-order valence-electron chi connectivity index (χ2n) is 14.4. The Morgan fingerprint density at radius 1 is 0.596 bits per heavy atom. The van der Waals surface area contributed by atoms with Gasteiger partial charge in [0.25, 0.3) is 5.91 Å². The van der Waals surface area contributed by atoms with E-state index < -0.39 is 5.91 Å². The minimum Gasteiger partial charge on any atom is -0.369 e. The van der Waals surface area contributed by atoms with Crippen molar-refractivity contribution >= 4 is 98.1 Å². The lowest BCUT2D eigenvalue weighted by molar-refractivity contribution is -0.111. The summed E-state index contributed by atoms with van der Waals surface area (Å²) in [5, 5.41) is 13.5. The molecule has 2 aromatic heterocycles. The lowest BCUT2D eigenvalue weighted by Crippen LogP contribution is -2.44. The quantitative estimate of drug-likeness (QED) is 0.0955. The molecule has 2 saturated heterocycles. The molecule has 0 aliphatic carbocycles. The van der Waals surface area contributed by atoms with Crippen LogP contribution in [-0.4, -0.2) is 102 Å². The van der Waals surface area contributed by atoms with Gasteiger partial charge in [0.1, 0.15) is 5.02 Å². The van der Waals surface area contributed by atoms with Crippen LogP contribution in [-0.2, 0) is 4.79 Å². The van der Waals surface area contributed by atoms with E-state index in [-0.39, 0.29) is 5.02 Å². The van der Waals surface area contributed by atoms with Gasteiger partial charge in [-0.1, -0.05) is 40.4 Å². The highest BCUT2D eigenvalue weighted by atomic mass is 35.5. The Labute approximate surface area is 348 Å². The number of nitrogens with zero attached hydrogens (tertiary/aromatic N) is 8. The van der Waals surface area contributed by atoms with Crippen molar-refractivity contribution in [2.45, 2.75) is 13.8 Å². The number of benzene rings is 3. The van der Waals surface area contributed by atoms with Crippen LogP contribution in [0.1, 0.15) is 19.5 Å². The number of hydrogen-bond acceptors (Lipinski definition) is 12. The Hall–Kier alpha value is -5.18. The van der Waals surface area contributed by atoms with Gasteiger partial charge in [-0.25, -0.2) is 15.0 Å². The van der Waals surface area contributed by atoms with Crippen molar-refractivity contribution < 1.29 is 4.79 Å². The number of rotatable bonds is 11. The maximum absolute atomic E-state index is 13.8. The average Bonchev–Trinajstić information content (AvgIpc) is 3.20. The van der Waals surface area contributed by atoms with Crippen LogP contribution in [0.3, 0.4) is 0 Å². The number of aromatic nitrogens is 4. The summed E-state index contributed by atoms with van der Waals surface area (Å²) < 4.78 is 0. The van der Waals surface area contributed by atoms with Crippen LogP contribution in [0.5, 0.6) is 0 Å². The SMILES string of the molecule is CC(C)=C(C(=O)Nc1ccc(Nc2nc(Nc3ccc(N4CCN(C)CC4)cc3)ncc2Cl)cc1Cl)c1nc(Nc2ccc(N3CCN(C)CC3)cc2)ncc1Cl. The molecule has 0 unspecified atom stereocenters. The van der Waals surface area contributed by atoms with E-state index in [0.29, 0.717) is 56.0 Å². The molecular formula is C41H45Cl3N12O. The van der Waals surface area contributed by atoms with Crippen molar-refractivity contribution in [2.75, 3.05) is 97.5 Å². The van der Waals surface area contributed by atoms with Gasteiger partial charge in [-0.3, -0.25) is 4.79 Å². The number of carbonyl (C=O) groups is 1. The van der Waals surface area contributed by atoms with Gasteiger partial charge in [0, 0.05) is 80.8 Å². The Balaban J connectivity index is 0.994. The number of nitrogens with one attached hydrogen (secondary N) is 4. The first kappa shape index (κ1) is 40.0. The second kappa shape index (κ2) is 18.0. The minimum absolute atomic E-state index is 0.237. The average molecular weight is 828 g/mol. The zero-order valence-electron chi connectivity index (χ0n) is 32.3. The van der Waals surface area contributed by atoms with Crippen LogP contribution in [0.25, 0.3) is 5.57 Å². The molecule has 1 amide bonds. The fourth-order valence-electron chi connectivity index (χ4n) is 6.60. The van der Waals surface area contributed by atoms with E-state index in [0.717, 1.165) is 69.4 Å². The van der Waals surface area contributed by atoms with Crippen LogP contribution in [0.4, 0.5) is 51.8 Å². The van der Waals surface area contributed by atoms with Crippen molar-refractivity contribution in [1.29, 1.82) is 0 Å². The van der Waals surface area contributed by atoms with E-state index in [1.165, 1.54) is 18.1 Å². The zero-order valence-corrected chi connectivity index (χ0v) is 34.6. The smallest absolute Gasteiger partial charge is 0.257 e. The molecule has 16 heteroatoms. The highest BCUT2D eigenvalue weighted by Crippen LogP contribution is 2.33. The Kier molecular flexibility index (Phi) is 12.6. The number of hydrogen-bond donors (Lipinski definition) is 4. The van der Waals surface area contributed by atoms with Gasteiger partial charge in [-0.05, 0) is 94.7 Å². The number of amides is 1. The van der Waals surface area contributed by atoms with E-state index in [1.54, 1.807) is 18.2 Å². The minimum atomic E-state index is -0.424. The first-order chi connectivity index (χ1) is 27.5. The van der Waals surface area contributed by atoms with E-state index in [4.69, 9.17) is 34.8 Å². The lowest BCUT2D eigenvalue weighted by Gasteiger charge is -2.34. The molecule has 0 spiro atoms. The maximum Gasteiger partial charge on any atom is 0.257 e. The summed E-state index contributed by atoms with van der Waals surface area (Å²) in [5.41, 5.74) is 6.31. The molecule has 7 rings (SSSR count). The van der Waals surface area contributed by atoms with E-state index in [2.05, 4.69) is 99.2 Å². The second-order valence-corrected chi connectivity index (χ2v) is 15.6. The van der Waals surface area contributed by atoms with E-state index >= 15 is 0 Å². The molecule has 2 fully saturated rings. The molecule has 4 N–H and O–H groups in total. The zero-order chi connectivity index (χ0) is 40.1. The third-order valence-electron chi connectivity index (χ3n) is 9.92. The standard InChI is InChI=1S/C41H45Cl3N12O/c1-26(2)36(37-33(43)24-45-40(51-37)48-27-5-10-30(11-6-27)55-19-15-53(3)16-20-55)39(57)50-35-14-9-29(23-32(35)42)47-38-34(44)25-46-41(52-38)49-28-7-12-31(13-8-28)56-21-17-54(4)18-22-56/h5-14,23-25H,15-22H2,1-4H3,(H,50,57)(H,45,48,51)(H2,46,47,49,52). The summed E-state index contributed by atoms with van der Waals surface area (Å²) in [6, 6.07) is 21.5. The fourth-order valence-corrected chi connectivity index (χ4v) is 7.16. The lowest BCUT2D eigenvalue weighted by atomic mass is 10.1. The molecule has 4 heterocycles. The van der Waals surface area contributed by atoms with Crippen molar-refractivity contribution in [3.05, 3.63) is 105 Å². The van der Waals surface area contributed by atoms with Crippen LogP contribution >= 0.6 is 34.8 Å². The summed E-state index contributed by atoms with van der Waals surface area (Å²) in [7, 11) is 4.29. The Morgan fingerprint density at radius 3 is 1.60 bits per heavy atom. The molecule has 296 valence electrons. The van der Waals surface area contributed by atoms with Gasteiger partial charge in [-0.15, -0.1) is 0 Å². The molecule has 2 aliphatic rings. The molecule has 2 aliphatic heterocycles. The van der Waals surface area contributed by atoms with Crippen molar-refractivity contribution in [1.82, 2.24) is 29.7 Å². The van der Waals surface area contributed by atoms with Crippen molar-refractivity contribution in [2.24, 2.45) is 0 Å². The molecule has 0 atom stereocenters. The molecule has 3 aromatic carbocycles. The molecular weight excluding hydrogens is 783 g/mol. The first-order valence-electron chi connectivity index (χ1n) is 18.7. The summed E-state index contributed by atoms with van der Waals surface area (Å²) >= 11 is 19.8. The molecule has 0 radical (unpaired) electrons. The van der Waals surface area contributed by atoms with Gasteiger partial charge >= 0.3 is 0 Å². The van der Waals surface area contributed by atoms with Crippen molar-refractivity contribution in [3.8, 4) is 0 Å². The van der Waals surface area contributed by atoms with Gasteiger partial charge in [0.05, 0.1) is 39.4 Å². The number of anilines is 9. The molecule has 5 aromatic rings. The molecule has 57 heavy (non-hydrogen) atoms. The number of halogens is 3. The Morgan fingerprint density at radius 2 is 1.09 bits per heavy atom. The largest absolute Gasteiger partial charge is 0.369 e. The number of allylic oxidation sites excluding steroid dienone is 1. The third-order valence-corrected chi connectivity index (χ3v) is 10.8. The van der Waals surface area contributed by atoms with Gasteiger partial charge in [-0.2, -0.15) is 4.98 Å². The van der Waals surface area contributed by atoms with Gasteiger partial charge < -0.3 is 40.9 Å². The first-order valence-corrected chi connectivity index (χ1v) is 19.8. The predicted octanol–water partition coefficient (Wildman–Crippen LogP) is 8.39. The van der Waals surface area contributed by atoms with E-state index in [1.807, 2.05) is 38.1 Å². The summed E-state index contributed by atoms with van der Waals surface area (Å²) in [4.78, 5) is 41.2. The van der Waals surface area contributed by atoms with Gasteiger partial charge in [0.15, 0.2) is 5.82 Å². The molecule has 13 nitrogen and oxygen atoms in total. The summed E-state index contributed by atoms with van der Waals surface area (Å²) in [5.74, 6) is 0.644. The monoisotopic (exact) mass is 826 g/mol. The predicted molar refractivity (Wildman–Crippen MR) is 235 cm³/mol. The summed E-state index contributed by atoms with van der Waals surface area (Å²) in [6.45, 7) is 11.8. The normalized spacial score (nSPS) is 14.9. The van der Waals surface area contributed by atoms with Crippen LogP contribution < -0.4 is 31.1 Å². The Bertz CT molecular complexity index is 2230. The highest BCUT2D eigenvalue weighted by molar-refractivity contribution is 6.37. The van der Waals surface area contributed by atoms with Crippen LogP contribution in [0, 0.1) is 0 Å². The van der Waals surface area contributed by atoms with E-state index in [9.17, 15) is 4.79 Å². The number of likely N-dealkylation sites (N-methyl/N-ethyl adjacent to an activating group) is 2. The number of piperazine rings is 2.